The summed E-state index contributed by atoms with van der Waals surface area (Å²) in [6.07, 6.45) is 1.57. The number of amides is 1. The first-order chi connectivity index (χ1) is 10.5. The van der Waals surface area contributed by atoms with Crippen molar-refractivity contribution in [3.8, 4) is 0 Å². The first-order valence-electron chi connectivity index (χ1n) is 6.84. The molecule has 22 heavy (non-hydrogen) atoms. The summed E-state index contributed by atoms with van der Waals surface area (Å²) < 4.78 is 0. The largest absolute Gasteiger partial charge is 0.483 e. The highest BCUT2D eigenvalue weighted by Crippen LogP contribution is 2.62. The number of piperidine rings is 1. The number of pyridine rings is 1. The highest BCUT2D eigenvalue weighted by atomic mass is 16.3. The van der Waals surface area contributed by atoms with Gasteiger partial charge in [0.2, 0.25) is 5.91 Å². The Hall–Kier alpha value is -2.19. The number of aliphatic hydroxyl groups excluding tert-OH is 2. The lowest BCUT2D eigenvalue weighted by Crippen LogP contribution is -2.32. The maximum absolute atomic E-state index is 11.1. The molecule has 2 unspecified atom stereocenters. The van der Waals surface area contributed by atoms with Crippen molar-refractivity contribution in [2.75, 3.05) is 31.2 Å². The summed E-state index contributed by atoms with van der Waals surface area (Å²) in [6, 6.07) is 3.28. The molecule has 0 radical (unpaired) electrons. The normalized spacial score (nSPS) is 24.0. The van der Waals surface area contributed by atoms with Crippen LogP contribution in [-0.4, -0.2) is 59.0 Å². The third-order valence-corrected chi connectivity index (χ3v) is 4.63. The minimum Gasteiger partial charge on any atom is -0.483 e. The van der Waals surface area contributed by atoms with E-state index in [4.69, 9.17) is 15.6 Å². The van der Waals surface area contributed by atoms with Crippen molar-refractivity contribution in [3.05, 3.63) is 23.9 Å². The molecule has 0 aromatic carbocycles. The first kappa shape index (κ1) is 16.2. The van der Waals surface area contributed by atoms with Crippen LogP contribution in [0.1, 0.15) is 10.4 Å². The van der Waals surface area contributed by atoms with Crippen molar-refractivity contribution in [3.63, 3.8) is 0 Å². The van der Waals surface area contributed by atoms with E-state index in [2.05, 4.69) is 9.88 Å². The van der Waals surface area contributed by atoms with Gasteiger partial charge in [-0.1, -0.05) is 0 Å². The van der Waals surface area contributed by atoms with Crippen molar-refractivity contribution in [2.24, 2.45) is 23.0 Å². The fourth-order valence-corrected chi connectivity index (χ4v) is 3.29. The number of aromatic nitrogens is 1. The average molecular weight is 309 g/mol. The zero-order valence-electron chi connectivity index (χ0n) is 11.9. The van der Waals surface area contributed by atoms with Crippen molar-refractivity contribution in [2.45, 2.75) is 0 Å². The van der Waals surface area contributed by atoms with Gasteiger partial charge in [0, 0.05) is 30.3 Å². The first-order valence-corrected chi connectivity index (χ1v) is 6.84. The topological polar surface area (TPSA) is 137 Å². The molecular weight excluding hydrogens is 290 g/mol. The number of rotatable bonds is 4. The Labute approximate surface area is 127 Å². The fourth-order valence-electron chi connectivity index (χ4n) is 3.29. The molecule has 3 rings (SSSR count). The van der Waals surface area contributed by atoms with Crippen LogP contribution in [0.5, 0.6) is 0 Å². The van der Waals surface area contributed by atoms with E-state index < -0.39 is 5.91 Å². The van der Waals surface area contributed by atoms with Crippen LogP contribution in [0.3, 0.4) is 0 Å². The number of hydrogen-bond acceptors (Lipinski definition) is 6. The number of anilines is 1. The highest BCUT2D eigenvalue weighted by molar-refractivity contribution is 5.93. The summed E-state index contributed by atoms with van der Waals surface area (Å²) in [4.78, 5) is 25.8. The molecule has 2 atom stereocenters. The molecular formula is C14H19N3O5. The van der Waals surface area contributed by atoms with E-state index in [9.17, 15) is 15.0 Å². The van der Waals surface area contributed by atoms with Crippen LogP contribution >= 0.6 is 0 Å². The molecule has 1 saturated heterocycles. The zero-order chi connectivity index (χ0) is 16.3. The molecule has 8 heteroatoms. The molecule has 1 saturated carbocycles. The summed E-state index contributed by atoms with van der Waals surface area (Å²) in [6.45, 7) is 1.31. The predicted molar refractivity (Wildman–Crippen MR) is 77.2 cm³/mol. The molecule has 1 aromatic rings. The third-order valence-electron chi connectivity index (χ3n) is 4.63. The van der Waals surface area contributed by atoms with E-state index in [1.165, 1.54) is 0 Å². The third kappa shape index (κ3) is 2.62. The lowest BCUT2D eigenvalue weighted by molar-refractivity contribution is -0.122. The minimum absolute atomic E-state index is 0.0292. The predicted octanol–water partition coefficient (Wildman–Crippen LogP) is -1.08. The van der Waals surface area contributed by atoms with Gasteiger partial charge in [-0.2, -0.15) is 0 Å². The van der Waals surface area contributed by atoms with E-state index in [0.29, 0.717) is 17.4 Å². The highest BCUT2D eigenvalue weighted by Gasteiger charge is 2.67. The quantitative estimate of drug-likeness (QED) is 0.519. The maximum atomic E-state index is 11.1. The number of nitrogens with zero attached hydrogens (tertiary/aromatic N) is 2. The van der Waals surface area contributed by atoms with Gasteiger partial charge in [0.1, 0.15) is 5.82 Å². The Kier molecular flexibility index (Phi) is 4.62. The molecule has 1 aliphatic carbocycles. The summed E-state index contributed by atoms with van der Waals surface area (Å²) in [5.41, 5.74) is 5.39. The van der Waals surface area contributed by atoms with Gasteiger partial charge >= 0.3 is 0 Å². The van der Waals surface area contributed by atoms with E-state index in [1.54, 1.807) is 18.3 Å². The van der Waals surface area contributed by atoms with Gasteiger partial charge in [0.25, 0.3) is 6.47 Å². The van der Waals surface area contributed by atoms with Gasteiger partial charge < -0.3 is 26.0 Å². The van der Waals surface area contributed by atoms with Gasteiger partial charge in [-0.15, -0.1) is 0 Å². The lowest BCUT2D eigenvalue weighted by atomic mass is 10.0. The van der Waals surface area contributed by atoms with E-state index in [1.807, 2.05) is 0 Å². The second kappa shape index (κ2) is 6.29. The average Bonchev–Trinajstić information content (AvgIpc) is 2.89. The van der Waals surface area contributed by atoms with Gasteiger partial charge in [-0.3, -0.25) is 9.59 Å². The van der Waals surface area contributed by atoms with Crippen LogP contribution < -0.4 is 10.6 Å². The van der Waals surface area contributed by atoms with Crippen molar-refractivity contribution >= 4 is 18.2 Å². The van der Waals surface area contributed by atoms with Gasteiger partial charge in [-0.05, 0) is 24.0 Å². The molecule has 0 spiro atoms. The van der Waals surface area contributed by atoms with Crippen LogP contribution in [0.25, 0.3) is 0 Å². The Bertz CT molecular complexity index is 547. The number of carbonyl (C=O) groups excluding carboxylic acids is 1. The summed E-state index contributed by atoms with van der Waals surface area (Å²) in [5, 5.41) is 25.7. The number of carboxylic acid groups (broad SMARTS) is 1. The van der Waals surface area contributed by atoms with Gasteiger partial charge in [-0.25, -0.2) is 4.98 Å². The Balaban J connectivity index is 0.000000545. The monoisotopic (exact) mass is 309 g/mol. The van der Waals surface area contributed by atoms with E-state index in [-0.39, 0.29) is 25.1 Å². The molecule has 8 nitrogen and oxygen atoms in total. The second-order valence-electron chi connectivity index (χ2n) is 5.54. The summed E-state index contributed by atoms with van der Waals surface area (Å²) in [5.74, 6) is 0.879. The van der Waals surface area contributed by atoms with E-state index >= 15 is 0 Å². The molecule has 0 bridgehead atoms. The Morgan fingerprint density at radius 1 is 1.41 bits per heavy atom. The molecule has 2 heterocycles. The maximum Gasteiger partial charge on any atom is 0.290 e. The van der Waals surface area contributed by atoms with Crippen LogP contribution in [0, 0.1) is 17.3 Å². The molecule has 2 aliphatic rings. The molecule has 1 aromatic heterocycles. The molecule has 5 N–H and O–H groups in total. The van der Waals surface area contributed by atoms with Crippen LogP contribution in [0.4, 0.5) is 5.82 Å². The number of aliphatic hydroxyl groups is 2. The number of hydrogen-bond donors (Lipinski definition) is 4. The Morgan fingerprint density at radius 2 is 1.95 bits per heavy atom. The van der Waals surface area contributed by atoms with Gasteiger partial charge in [0.15, 0.2) is 0 Å². The van der Waals surface area contributed by atoms with Crippen molar-refractivity contribution in [1.29, 1.82) is 0 Å². The zero-order valence-corrected chi connectivity index (χ0v) is 11.9. The van der Waals surface area contributed by atoms with Gasteiger partial charge in [0.05, 0.1) is 13.2 Å². The van der Waals surface area contributed by atoms with Crippen LogP contribution in [-0.2, 0) is 4.79 Å². The fraction of sp³-hybridized carbons (Fsp3) is 0.500. The van der Waals surface area contributed by atoms with Crippen molar-refractivity contribution in [1.82, 2.24) is 4.98 Å². The van der Waals surface area contributed by atoms with Crippen molar-refractivity contribution < 1.29 is 24.9 Å². The molecule has 1 amide bonds. The second-order valence-corrected chi connectivity index (χ2v) is 5.54. The summed E-state index contributed by atoms with van der Waals surface area (Å²) >= 11 is 0. The molecule has 2 fully saturated rings. The van der Waals surface area contributed by atoms with Crippen LogP contribution in [0.15, 0.2) is 18.3 Å². The SMILES string of the molecule is NC(=O)c1ccnc(N2CC3C(C2)C3(CO)CO)c1.O=CO. The number of nitrogens with two attached hydrogens (primary N) is 1. The Morgan fingerprint density at radius 3 is 2.41 bits per heavy atom. The lowest BCUT2D eigenvalue weighted by Gasteiger charge is -2.25. The smallest absolute Gasteiger partial charge is 0.290 e. The summed E-state index contributed by atoms with van der Waals surface area (Å²) in [7, 11) is 0. The van der Waals surface area contributed by atoms with E-state index in [0.717, 1.165) is 18.9 Å². The number of carbonyl (C=O) groups is 2. The standard InChI is InChI=1S/C13H17N3O3.CH2O2/c14-12(19)8-1-2-15-11(3-8)16-4-9-10(5-16)13(9,6-17)7-18;2-1-3/h1-3,9-10,17-18H,4-7H2,(H2,14,19);1H,(H,2,3). The number of fused-ring (bicyclic) bond motifs is 1. The van der Waals surface area contributed by atoms with Crippen LogP contribution in [0.2, 0.25) is 0 Å². The minimum atomic E-state index is -0.465. The number of primary amides is 1. The molecule has 1 aliphatic heterocycles. The molecule has 120 valence electrons.